The molecule has 0 saturated carbocycles. The fourth-order valence-corrected chi connectivity index (χ4v) is 4.35. The lowest BCUT2D eigenvalue weighted by molar-refractivity contribution is -0.137. The number of para-hydroxylation sites is 2. The maximum absolute atomic E-state index is 13.4. The number of aromatic nitrogens is 2. The van der Waals surface area contributed by atoms with Gasteiger partial charge in [0.1, 0.15) is 12.4 Å². The first-order valence-electron chi connectivity index (χ1n) is 11.6. The standard InChI is InChI=1S/C29H18Cl2F3N3O2/c30-22-13-12-20(24(31)15-22)17-39-26-11-4-1-6-19(26)16-35-37-27(18-7-5-8-21(14-18)29(32,33)34)36-25-10-3-2-9-23(25)28(37)38/h1-16H,17H2. The van der Waals surface area contributed by atoms with Crippen LogP contribution in [0.3, 0.4) is 0 Å². The molecule has 0 amide bonds. The molecule has 0 aliphatic carbocycles. The summed E-state index contributed by atoms with van der Waals surface area (Å²) in [6, 6.07) is 23.2. The minimum Gasteiger partial charge on any atom is -0.488 e. The maximum Gasteiger partial charge on any atom is 0.416 e. The van der Waals surface area contributed by atoms with E-state index in [4.69, 9.17) is 27.9 Å². The second-order valence-electron chi connectivity index (χ2n) is 8.45. The molecule has 0 spiro atoms. The van der Waals surface area contributed by atoms with Gasteiger partial charge >= 0.3 is 6.18 Å². The highest BCUT2D eigenvalue weighted by atomic mass is 35.5. The van der Waals surface area contributed by atoms with Gasteiger partial charge in [0.15, 0.2) is 5.82 Å². The van der Waals surface area contributed by atoms with Crippen LogP contribution in [0.2, 0.25) is 10.0 Å². The van der Waals surface area contributed by atoms with Gasteiger partial charge in [-0.05, 0) is 48.5 Å². The van der Waals surface area contributed by atoms with Crippen LogP contribution in [-0.2, 0) is 12.8 Å². The quantitative estimate of drug-likeness (QED) is 0.196. The van der Waals surface area contributed by atoms with Crippen molar-refractivity contribution < 1.29 is 17.9 Å². The lowest BCUT2D eigenvalue weighted by atomic mass is 10.1. The molecule has 5 rings (SSSR count). The summed E-state index contributed by atoms with van der Waals surface area (Å²) in [6.07, 6.45) is -3.17. The van der Waals surface area contributed by atoms with E-state index in [-0.39, 0.29) is 23.4 Å². The van der Waals surface area contributed by atoms with E-state index in [2.05, 4.69) is 10.1 Å². The van der Waals surface area contributed by atoms with Crippen LogP contribution >= 0.6 is 23.2 Å². The monoisotopic (exact) mass is 567 g/mol. The number of hydrogen-bond acceptors (Lipinski definition) is 4. The van der Waals surface area contributed by atoms with Gasteiger partial charge in [0.2, 0.25) is 0 Å². The number of rotatable bonds is 6. The summed E-state index contributed by atoms with van der Waals surface area (Å²) in [5.41, 5.74) is 0.275. The molecule has 0 bridgehead atoms. The predicted octanol–water partition coefficient (Wildman–Crippen LogP) is 7.85. The zero-order valence-electron chi connectivity index (χ0n) is 20.0. The van der Waals surface area contributed by atoms with Crippen LogP contribution in [0.5, 0.6) is 5.75 Å². The molecule has 10 heteroatoms. The highest BCUT2D eigenvalue weighted by Gasteiger charge is 2.31. The van der Waals surface area contributed by atoms with Crippen molar-refractivity contribution in [3.8, 4) is 17.1 Å². The van der Waals surface area contributed by atoms with Crippen molar-refractivity contribution in [1.29, 1.82) is 0 Å². The van der Waals surface area contributed by atoms with Crippen molar-refractivity contribution in [3.63, 3.8) is 0 Å². The minimum atomic E-state index is -4.56. The third-order valence-electron chi connectivity index (χ3n) is 5.83. The highest BCUT2D eigenvalue weighted by molar-refractivity contribution is 6.35. The SMILES string of the molecule is O=c1c2ccccc2nc(-c2cccc(C(F)(F)F)c2)n1N=Cc1ccccc1OCc1ccc(Cl)cc1Cl. The summed E-state index contributed by atoms with van der Waals surface area (Å²) in [7, 11) is 0. The molecule has 0 N–H and O–H groups in total. The van der Waals surface area contributed by atoms with E-state index in [1.54, 1.807) is 66.7 Å². The molecule has 0 aliphatic rings. The molecular weight excluding hydrogens is 550 g/mol. The summed E-state index contributed by atoms with van der Waals surface area (Å²) in [5, 5.41) is 5.58. The molecule has 1 heterocycles. The van der Waals surface area contributed by atoms with Crippen LogP contribution in [0.15, 0.2) is 101 Å². The van der Waals surface area contributed by atoms with Crippen LogP contribution in [-0.4, -0.2) is 15.9 Å². The number of alkyl halides is 3. The number of fused-ring (bicyclic) bond motifs is 1. The average Bonchev–Trinajstić information content (AvgIpc) is 2.92. The Bertz CT molecular complexity index is 1770. The molecule has 4 aromatic carbocycles. The van der Waals surface area contributed by atoms with Crippen LogP contribution in [0.4, 0.5) is 13.2 Å². The molecule has 196 valence electrons. The fraction of sp³-hybridized carbons (Fsp3) is 0.0690. The molecule has 1 aromatic heterocycles. The van der Waals surface area contributed by atoms with Gasteiger partial charge in [0.05, 0.1) is 22.7 Å². The second-order valence-corrected chi connectivity index (χ2v) is 9.30. The van der Waals surface area contributed by atoms with E-state index in [0.29, 0.717) is 26.9 Å². The Hall–Kier alpha value is -4.14. The van der Waals surface area contributed by atoms with Crippen molar-refractivity contribution >= 4 is 40.3 Å². The molecule has 0 saturated heterocycles. The molecular formula is C29H18Cl2F3N3O2. The van der Waals surface area contributed by atoms with Gasteiger partial charge < -0.3 is 4.74 Å². The fourth-order valence-electron chi connectivity index (χ4n) is 3.89. The number of ether oxygens (including phenoxy) is 1. The summed E-state index contributed by atoms with van der Waals surface area (Å²) in [5.74, 6) is 0.419. The first kappa shape index (κ1) is 26.5. The van der Waals surface area contributed by atoms with E-state index < -0.39 is 17.3 Å². The Kier molecular flexibility index (Phi) is 7.41. The molecule has 0 radical (unpaired) electrons. The van der Waals surface area contributed by atoms with Crippen molar-refractivity contribution in [1.82, 2.24) is 9.66 Å². The molecule has 39 heavy (non-hydrogen) atoms. The second kappa shape index (κ2) is 10.9. The van der Waals surface area contributed by atoms with Crippen LogP contribution < -0.4 is 10.3 Å². The smallest absolute Gasteiger partial charge is 0.416 e. The molecule has 5 aromatic rings. The van der Waals surface area contributed by atoms with Crippen molar-refractivity contribution in [3.05, 3.63) is 128 Å². The number of nitrogens with zero attached hydrogens (tertiary/aromatic N) is 3. The lowest BCUT2D eigenvalue weighted by Crippen LogP contribution is -2.20. The zero-order valence-corrected chi connectivity index (χ0v) is 21.5. The minimum absolute atomic E-state index is 0.0348. The topological polar surface area (TPSA) is 56.5 Å². The number of hydrogen-bond donors (Lipinski definition) is 0. The lowest BCUT2D eigenvalue weighted by Gasteiger charge is -2.13. The Labute approximate surface area is 230 Å². The predicted molar refractivity (Wildman–Crippen MR) is 147 cm³/mol. The Morgan fingerprint density at radius 1 is 0.923 bits per heavy atom. The molecule has 0 unspecified atom stereocenters. The average molecular weight is 568 g/mol. The van der Waals surface area contributed by atoms with Crippen LogP contribution in [0.1, 0.15) is 16.7 Å². The first-order valence-corrected chi connectivity index (χ1v) is 12.4. The first-order chi connectivity index (χ1) is 18.7. The number of benzene rings is 4. The Balaban J connectivity index is 1.56. The Morgan fingerprint density at radius 3 is 2.49 bits per heavy atom. The molecule has 0 atom stereocenters. The van der Waals surface area contributed by atoms with Gasteiger partial charge in [-0.3, -0.25) is 4.79 Å². The third-order valence-corrected chi connectivity index (χ3v) is 6.42. The highest BCUT2D eigenvalue weighted by Crippen LogP contribution is 2.32. The van der Waals surface area contributed by atoms with E-state index in [1.165, 1.54) is 18.3 Å². The van der Waals surface area contributed by atoms with E-state index in [1.807, 2.05) is 0 Å². The van der Waals surface area contributed by atoms with Crippen LogP contribution in [0, 0.1) is 0 Å². The van der Waals surface area contributed by atoms with E-state index in [0.717, 1.165) is 22.4 Å². The summed E-state index contributed by atoms with van der Waals surface area (Å²) < 4.78 is 47.2. The summed E-state index contributed by atoms with van der Waals surface area (Å²) in [4.78, 5) is 17.9. The van der Waals surface area contributed by atoms with Gasteiger partial charge in [-0.25, -0.2) is 4.98 Å². The van der Waals surface area contributed by atoms with Gasteiger partial charge in [0.25, 0.3) is 5.56 Å². The number of halogens is 5. The maximum atomic E-state index is 13.4. The summed E-state index contributed by atoms with van der Waals surface area (Å²) >= 11 is 12.2. The third kappa shape index (κ3) is 5.82. The largest absolute Gasteiger partial charge is 0.488 e. The van der Waals surface area contributed by atoms with Crippen LogP contribution in [0.25, 0.3) is 22.3 Å². The van der Waals surface area contributed by atoms with Crippen molar-refractivity contribution in [2.24, 2.45) is 5.10 Å². The normalized spacial score (nSPS) is 11.8. The van der Waals surface area contributed by atoms with Gasteiger partial charge in [-0.1, -0.05) is 65.7 Å². The zero-order chi connectivity index (χ0) is 27.6. The Morgan fingerprint density at radius 2 is 1.69 bits per heavy atom. The molecule has 0 aliphatic heterocycles. The molecule has 0 fully saturated rings. The van der Waals surface area contributed by atoms with Crippen molar-refractivity contribution in [2.45, 2.75) is 12.8 Å². The van der Waals surface area contributed by atoms with E-state index >= 15 is 0 Å². The summed E-state index contributed by atoms with van der Waals surface area (Å²) in [6.45, 7) is 0.147. The van der Waals surface area contributed by atoms with Crippen molar-refractivity contribution in [2.75, 3.05) is 0 Å². The van der Waals surface area contributed by atoms with E-state index in [9.17, 15) is 18.0 Å². The van der Waals surface area contributed by atoms with Gasteiger partial charge in [-0.15, -0.1) is 0 Å². The molecule has 5 nitrogen and oxygen atoms in total. The van der Waals surface area contributed by atoms with Gasteiger partial charge in [-0.2, -0.15) is 22.9 Å². The van der Waals surface area contributed by atoms with Gasteiger partial charge in [0, 0.05) is 26.7 Å².